The van der Waals surface area contributed by atoms with Gasteiger partial charge in [0.25, 0.3) is 0 Å². The van der Waals surface area contributed by atoms with Crippen LogP contribution in [0.15, 0.2) is 42.7 Å². The second kappa shape index (κ2) is 4.62. The summed E-state index contributed by atoms with van der Waals surface area (Å²) in [5, 5.41) is 6.96. The molecule has 0 saturated heterocycles. The number of para-hydroxylation sites is 2. The van der Waals surface area contributed by atoms with Gasteiger partial charge in [0.2, 0.25) is 5.91 Å². The number of hydrogen-bond donors (Lipinski definition) is 2. The maximum absolute atomic E-state index is 11.9. The molecular formula is C13H16N4O. The number of aromatic nitrogens is 2. The van der Waals surface area contributed by atoms with Crippen LogP contribution in [0.3, 0.4) is 0 Å². The predicted molar refractivity (Wildman–Crippen MR) is 70.5 cm³/mol. The summed E-state index contributed by atoms with van der Waals surface area (Å²) in [4.78, 5) is 11.9. The molecule has 2 rings (SSSR count). The molecule has 18 heavy (non-hydrogen) atoms. The molecule has 1 aromatic heterocycles. The average molecular weight is 244 g/mol. The van der Waals surface area contributed by atoms with Gasteiger partial charge in [-0.25, -0.2) is 4.68 Å². The van der Waals surface area contributed by atoms with Gasteiger partial charge in [-0.15, -0.1) is 0 Å². The number of amides is 1. The fraction of sp³-hybridized carbons (Fsp3) is 0.231. The third-order valence-corrected chi connectivity index (χ3v) is 2.49. The molecule has 94 valence electrons. The lowest BCUT2D eigenvalue weighted by Crippen LogP contribution is -2.45. The quantitative estimate of drug-likeness (QED) is 0.860. The number of anilines is 1. The molecule has 0 saturated carbocycles. The van der Waals surface area contributed by atoms with E-state index >= 15 is 0 Å². The van der Waals surface area contributed by atoms with Crippen molar-refractivity contribution in [3.8, 4) is 5.69 Å². The Morgan fingerprint density at radius 2 is 2.06 bits per heavy atom. The van der Waals surface area contributed by atoms with E-state index in [1.165, 1.54) is 0 Å². The van der Waals surface area contributed by atoms with E-state index in [9.17, 15) is 4.79 Å². The third kappa shape index (κ3) is 2.57. The van der Waals surface area contributed by atoms with Crippen molar-refractivity contribution in [2.24, 2.45) is 5.73 Å². The summed E-state index contributed by atoms with van der Waals surface area (Å²) in [7, 11) is 0. The largest absolute Gasteiger partial charge is 0.323 e. The Kier molecular flexibility index (Phi) is 3.16. The minimum absolute atomic E-state index is 0.234. The van der Waals surface area contributed by atoms with E-state index in [1.807, 2.05) is 36.5 Å². The van der Waals surface area contributed by atoms with Gasteiger partial charge in [-0.05, 0) is 32.0 Å². The van der Waals surface area contributed by atoms with Crippen LogP contribution in [0.5, 0.6) is 0 Å². The van der Waals surface area contributed by atoms with E-state index in [-0.39, 0.29) is 5.91 Å². The lowest BCUT2D eigenvalue weighted by molar-refractivity contribution is -0.120. The van der Waals surface area contributed by atoms with Crippen LogP contribution in [0.1, 0.15) is 13.8 Å². The van der Waals surface area contributed by atoms with Crippen LogP contribution in [0.25, 0.3) is 5.69 Å². The van der Waals surface area contributed by atoms with Gasteiger partial charge in [0.15, 0.2) is 0 Å². The first-order chi connectivity index (χ1) is 8.48. The zero-order chi connectivity index (χ0) is 13.2. The number of rotatable bonds is 3. The SMILES string of the molecule is CC(C)(N)C(=O)Nc1ccccc1-n1cccn1. The van der Waals surface area contributed by atoms with Crippen molar-refractivity contribution in [1.82, 2.24) is 9.78 Å². The summed E-state index contributed by atoms with van der Waals surface area (Å²) in [6, 6.07) is 9.27. The van der Waals surface area contributed by atoms with Gasteiger partial charge in [0.05, 0.1) is 16.9 Å². The zero-order valence-electron chi connectivity index (χ0n) is 10.4. The molecule has 0 aliphatic carbocycles. The molecule has 1 aromatic carbocycles. The van der Waals surface area contributed by atoms with Crippen LogP contribution in [0.2, 0.25) is 0 Å². The Labute approximate surface area is 106 Å². The normalized spacial score (nSPS) is 11.3. The molecule has 0 radical (unpaired) electrons. The first kappa shape index (κ1) is 12.3. The number of nitrogens with zero attached hydrogens (tertiary/aromatic N) is 2. The van der Waals surface area contributed by atoms with Gasteiger partial charge < -0.3 is 11.1 Å². The minimum Gasteiger partial charge on any atom is -0.323 e. The molecule has 0 bridgehead atoms. The summed E-state index contributed by atoms with van der Waals surface area (Å²) < 4.78 is 1.69. The molecule has 0 atom stereocenters. The van der Waals surface area contributed by atoms with Gasteiger partial charge in [0, 0.05) is 12.4 Å². The molecule has 0 aliphatic heterocycles. The van der Waals surface area contributed by atoms with E-state index in [4.69, 9.17) is 5.73 Å². The highest BCUT2D eigenvalue weighted by Crippen LogP contribution is 2.19. The molecule has 1 heterocycles. The zero-order valence-corrected chi connectivity index (χ0v) is 10.4. The first-order valence-corrected chi connectivity index (χ1v) is 5.68. The van der Waals surface area contributed by atoms with Crippen LogP contribution < -0.4 is 11.1 Å². The monoisotopic (exact) mass is 244 g/mol. The molecule has 1 amide bonds. The standard InChI is InChI=1S/C13H16N4O/c1-13(2,14)12(18)16-10-6-3-4-7-11(10)17-9-5-8-15-17/h3-9H,14H2,1-2H3,(H,16,18). The molecule has 0 unspecified atom stereocenters. The average Bonchev–Trinajstić information content (AvgIpc) is 2.82. The molecule has 2 aromatic rings. The van der Waals surface area contributed by atoms with E-state index < -0.39 is 5.54 Å². The van der Waals surface area contributed by atoms with Crippen molar-refractivity contribution in [1.29, 1.82) is 0 Å². The van der Waals surface area contributed by atoms with Crippen LogP contribution in [-0.2, 0) is 4.79 Å². The summed E-state index contributed by atoms with van der Waals surface area (Å²) in [6.45, 7) is 3.33. The van der Waals surface area contributed by atoms with Gasteiger partial charge in [-0.3, -0.25) is 4.79 Å². The van der Waals surface area contributed by atoms with Gasteiger partial charge in [0.1, 0.15) is 0 Å². The number of nitrogens with two attached hydrogens (primary N) is 1. The molecular weight excluding hydrogens is 228 g/mol. The van der Waals surface area contributed by atoms with Crippen LogP contribution in [0, 0.1) is 0 Å². The highest BCUT2D eigenvalue weighted by molar-refractivity contribution is 5.98. The van der Waals surface area contributed by atoms with Crippen LogP contribution in [-0.4, -0.2) is 21.2 Å². The molecule has 0 aliphatic rings. The summed E-state index contributed by atoms with van der Waals surface area (Å²) in [6.07, 6.45) is 3.50. The van der Waals surface area contributed by atoms with E-state index in [1.54, 1.807) is 24.7 Å². The molecule has 3 N–H and O–H groups in total. The summed E-state index contributed by atoms with van der Waals surface area (Å²) in [5.41, 5.74) is 6.33. The lowest BCUT2D eigenvalue weighted by atomic mass is 10.1. The van der Waals surface area contributed by atoms with Crippen molar-refractivity contribution in [2.75, 3.05) is 5.32 Å². The van der Waals surface area contributed by atoms with Crippen molar-refractivity contribution >= 4 is 11.6 Å². The minimum atomic E-state index is -0.919. The Bertz CT molecular complexity index is 540. The Morgan fingerprint density at radius 1 is 1.33 bits per heavy atom. The fourth-order valence-corrected chi connectivity index (χ4v) is 1.47. The third-order valence-electron chi connectivity index (χ3n) is 2.49. The maximum Gasteiger partial charge on any atom is 0.243 e. The Hall–Kier alpha value is -2.14. The highest BCUT2D eigenvalue weighted by Gasteiger charge is 2.22. The van der Waals surface area contributed by atoms with Crippen molar-refractivity contribution in [3.05, 3.63) is 42.7 Å². The van der Waals surface area contributed by atoms with Gasteiger partial charge in [-0.2, -0.15) is 5.10 Å². The van der Waals surface area contributed by atoms with Crippen molar-refractivity contribution < 1.29 is 4.79 Å². The number of carbonyl (C=O) groups excluding carboxylic acids is 1. The summed E-state index contributed by atoms with van der Waals surface area (Å²) >= 11 is 0. The van der Waals surface area contributed by atoms with Gasteiger partial charge >= 0.3 is 0 Å². The van der Waals surface area contributed by atoms with Gasteiger partial charge in [-0.1, -0.05) is 12.1 Å². The van der Waals surface area contributed by atoms with Crippen molar-refractivity contribution in [3.63, 3.8) is 0 Å². The van der Waals surface area contributed by atoms with Crippen LogP contribution in [0.4, 0.5) is 5.69 Å². The first-order valence-electron chi connectivity index (χ1n) is 5.68. The number of nitrogens with one attached hydrogen (secondary N) is 1. The van der Waals surface area contributed by atoms with Crippen molar-refractivity contribution in [2.45, 2.75) is 19.4 Å². The smallest absolute Gasteiger partial charge is 0.243 e. The summed E-state index contributed by atoms with van der Waals surface area (Å²) in [5.74, 6) is -0.234. The predicted octanol–water partition coefficient (Wildman–Crippen LogP) is 1.55. The Balaban J connectivity index is 2.32. The van der Waals surface area contributed by atoms with E-state index in [2.05, 4.69) is 10.4 Å². The Morgan fingerprint density at radius 3 is 2.67 bits per heavy atom. The molecule has 0 fully saturated rings. The topological polar surface area (TPSA) is 72.9 Å². The molecule has 5 nitrogen and oxygen atoms in total. The number of carbonyl (C=O) groups is 1. The molecule has 5 heteroatoms. The lowest BCUT2D eigenvalue weighted by Gasteiger charge is -2.19. The number of benzene rings is 1. The maximum atomic E-state index is 11.9. The van der Waals surface area contributed by atoms with E-state index in [0.29, 0.717) is 5.69 Å². The second-order valence-electron chi connectivity index (χ2n) is 4.64. The highest BCUT2D eigenvalue weighted by atomic mass is 16.2. The van der Waals surface area contributed by atoms with E-state index in [0.717, 1.165) is 5.69 Å². The second-order valence-corrected chi connectivity index (χ2v) is 4.64. The molecule has 0 spiro atoms. The fourth-order valence-electron chi connectivity index (χ4n) is 1.47. The van der Waals surface area contributed by atoms with Crippen LogP contribution >= 0.6 is 0 Å². The number of hydrogen-bond acceptors (Lipinski definition) is 3.